The number of esters is 1. The number of carbonyl (C=O) groups is 4. The van der Waals surface area contributed by atoms with Crippen molar-refractivity contribution in [2.45, 2.75) is 84.3 Å². The lowest BCUT2D eigenvalue weighted by molar-refractivity contribution is -0.155. The monoisotopic (exact) mass is 708 g/mol. The van der Waals surface area contributed by atoms with Gasteiger partial charge in [0.1, 0.15) is 24.2 Å². The summed E-state index contributed by atoms with van der Waals surface area (Å²) >= 11 is 0. The second-order valence-electron chi connectivity index (χ2n) is 12.5. The standard InChI is InChI=1S/C34H52N4O10S/c1-7-38(8-2)16-17-49(45,46)28-13-15-36-31(28)34(44)48-32(22(3)4)24(6)11-12-29(41)35-14-9-10-23(5)18-25(39)19-26(40)20-30-37-27(21-47-30)33(42)43/h9-12,18,21-22,24-25,28,31-32,36,39H,7-8,13-17,19-20H2,1-6H3,(H,35,41)(H,42,43)/b10-9+,12-11+,23-18+/t24-,25-,28-,31-,32-/m1/s1. The Morgan fingerprint density at radius 2 is 1.88 bits per heavy atom. The van der Waals surface area contributed by atoms with Gasteiger partial charge in [-0.3, -0.25) is 14.4 Å². The Hall–Kier alpha value is -3.66. The Kier molecular flexibility index (Phi) is 17.0. The van der Waals surface area contributed by atoms with Crippen LogP contribution >= 0.6 is 0 Å². The first-order valence-electron chi connectivity index (χ1n) is 16.6. The van der Waals surface area contributed by atoms with Crippen molar-refractivity contribution in [3.05, 3.63) is 53.8 Å². The summed E-state index contributed by atoms with van der Waals surface area (Å²) in [5.74, 6) is -3.11. The molecular formula is C34H52N4O10S. The molecule has 2 heterocycles. The molecule has 1 saturated heterocycles. The third-order valence-electron chi connectivity index (χ3n) is 8.23. The molecule has 1 aliphatic heterocycles. The van der Waals surface area contributed by atoms with Gasteiger partial charge >= 0.3 is 11.9 Å². The van der Waals surface area contributed by atoms with Gasteiger partial charge in [0.15, 0.2) is 15.5 Å². The quantitative estimate of drug-likeness (QED) is 0.0822. The summed E-state index contributed by atoms with van der Waals surface area (Å²) in [6.07, 6.45) is 7.02. The number of oxazole rings is 1. The minimum atomic E-state index is -3.53. The van der Waals surface area contributed by atoms with Crippen LogP contribution in [0, 0.1) is 11.8 Å². The first-order chi connectivity index (χ1) is 23.1. The zero-order valence-corrected chi connectivity index (χ0v) is 30.1. The van der Waals surface area contributed by atoms with Crippen molar-refractivity contribution >= 4 is 33.5 Å². The molecule has 274 valence electrons. The van der Waals surface area contributed by atoms with Crippen LogP contribution in [0.5, 0.6) is 0 Å². The largest absolute Gasteiger partial charge is 0.476 e. The fourth-order valence-corrected chi connectivity index (χ4v) is 7.42. The number of aliphatic hydroxyl groups excluding tert-OH is 1. The number of carbonyl (C=O) groups excluding carboxylic acids is 3. The summed E-state index contributed by atoms with van der Waals surface area (Å²) in [6, 6.07) is -0.943. The van der Waals surface area contributed by atoms with Gasteiger partial charge in [-0.05, 0) is 45.0 Å². The molecule has 0 radical (unpaired) electrons. The van der Waals surface area contributed by atoms with E-state index in [-0.39, 0.29) is 60.3 Å². The average Bonchev–Trinajstić information content (AvgIpc) is 3.72. The summed E-state index contributed by atoms with van der Waals surface area (Å²) in [7, 11) is -3.53. The summed E-state index contributed by atoms with van der Waals surface area (Å²) in [6.45, 7) is 13.8. The predicted molar refractivity (Wildman–Crippen MR) is 183 cm³/mol. The summed E-state index contributed by atoms with van der Waals surface area (Å²) in [5.41, 5.74) is 0.353. The molecule has 0 saturated carbocycles. The van der Waals surface area contributed by atoms with Gasteiger partial charge in [0.2, 0.25) is 11.8 Å². The van der Waals surface area contributed by atoms with Crippen LogP contribution in [-0.4, -0.2) is 114 Å². The smallest absolute Gasteiger partial charge is 0.357 e. The lowest BCUT2D eigenvalue weighted by atomic mass is 9.94. The molecule has 0 aliphatic carbocycles. The van der Waals surface area contributed by atoms with E-state index in [0.29, 0.717) is 25.1 Å². The Labute approximate surface area is 289 Å². The number of rotatable bonds is 21. The van der Waals surface area contributed by atoms with Crippen molar-refractivity contribution in [1.29, 1.82) is 0 Å². The number of allylic oxidation sites excluding steroid dienone is 2. The molecule has 4 N–H and O–H groups in total. The summed E-state index contributed by atoms with van der Waals surface area (Å²) in [5, 5.41) is 24.0. The van der Waals surface area contributed by atoms with Crippen LogP contribution < -0.4 is 10.6 Å². The number of hydrogen-bond acceptors (Lipinski definition) is 12. The van der Waals surface area contributed by atoms with Gasteiger partial charge < -0.3 is 34.9 Å². The molecule has 5 atom stereocenters. The van der Waals surface area contributed by atoms with Crippen LogP contribution in [0.2, 0.25) is 0 Å². The Morgan fingerprint density at radius 3 is 2.49 bits per heavy atom. The summed E-state index contributed by atoms with van der Waals surface area (Å²) < 4.78 is 37.1. The molecule has 1 fully saturated rings. The molecule has 14 nitrogen and oxygen atoms in total. The number of ketones is 1. The van der Waals surface area contributed by atoms with E-state index in [2.05, 4.69) is 15.6 Å². The number of amides is 1. The highest BCUT2D eigenvalue weighted by molar-refractivity contribution is 7.92. The van der Waals surface area contributed by atoms with Gasteiger partial charge in [0, 0.05) is 25.4 Å². The third-order valence-corrected chi connectivity index (χ3v) is 10.4. The van der Waals surface area contributed by atoms with Crippen molar-refractivity contribution in [1.82, 2.24) is 20.5 Å². The van der Waals surface area contributed by atoms with E-state index in [0.717, 1.165) is 19.4 Å². The number of nitrogens with one attached hydrogen (secondary N) is 2. The van der Waals surface area contributed by atoms with Gasteiger partial charge in [-0.1, -0.05) is 64.5 Å². The molecule has 0 bridgehead atoms. The number of nitrogens with zero attached hydrogens (tertiary/aromatic N) is 2. The fraction of sp³-hybridized carbons (Fsp3) is 0.618. The second-order valence-corrected chi connectivity index (χ2v) is 14.8. The molecule has 0 spiro atoms. The summed E-state index contributed by atoms with van der Waals surface area (Å²) in [4.78, 5) is 54.4. The first-order valence-corrected chi connectivity index (χ1v) is 18.4. The zero-order chi connectivity index (χ0) is 36.7. The number of carboxylic acids is 1. The van der Waals surface area contributed by atoms with Crippen LogP contribution in [0.25, 0.3) is 0 Å². The normalized spacial score (nSPS) is 19.1. The fourth-order valence-electron chi connectivity index (χ4n) is 5.50. The van der Waals surface area contributed by atoms with Gasteiger partial charge in [-0.15, -0.1) is 0 Å². The molecule has 2 rings (SSSR count). The SMILES string of the molecule is CCN(CC)CCS(=O)(=O)[C@@H]1CCN[C@H]1C(=O)O[C@H](C(C)C)[C@H](C)/C=C/C(=O)NC/C=C/C(C)=C/[C@@H](O)CC(=O)Cc1nc(C(=O)O)co1. The van der Waals surface area contributed by atoms with Crippen molar-refractivity contribution in [3.8, 4) is 0 Å². The predicted octanol–water partition coefficient (Wildman–Crippen LogP) is 2.10. The Balaban J connectivity index is 1.85. The van der Waals surface area contributed by atoms with E-state index < -0.39 is 45.3 Å². The lowest BCUT2D eigenvalue weighted by Crippen LogP contribution is -2.47. The number of carboxylic acid groups (broad SMARTS) is 1. The third kappa shape index (κ3) is 14.0. The van der Waals surface area contributed by atoms with Crippen LogP contribution in [0.15, 0.2) is 46.6 Å². The molecule has 15 heteroatoms. The number of sulfone groups is 1. The number of aromatic carboxylic acids is 1. The number of aliphatic hydroxyl groups is 1. The number of ether oxygens (including phenoxy) is 1. The lowest BCUT2D eigenvalue weighted by Gasteiger charge is -2.28. The number of hydrogen-bond donors (Lipinski definition) is 4. The Bertz CT molecular complexity index is 1460. The van der Waals surface area contributed by atoms with Crippen molar-refractivity contribution < 1.29 is 47.0 Å². The maximum atomic E-state index is 13.2. The minimum Gasteiger partial charge on any atom is -0.476 e. The second kappa shape index (κ2) is 20.1. The highest BCUT2D eigenvalue weighted by Crippen LogP contribution is 2.23. The van der Waals surface area contributed by atoms with Gasteiger partial charge in [0.25, 0.3) is 0 Å². The minimum absolute atomic E-state index is 0.0225. The number of Topliss-reactive ketones (excluding diaryl/α,β-unsaturated/α-hetero) is 1. The maximum Gasteiger partial charge on any atom is 0.357 e. The molecule has 1 aliphatic rings. The van der Waals surface area contributed by atoms with E-state index in [4.69, 9.17) is 14.3 Å². The molecule has 1 amide bonds. The van der Waals surface area contributed by atoms with E-state index in [1.54, 1.807) is 25.2 Å². The van der Waals surface area contributed by atoms with Crippen LogP contribution in [0.4, 0.5) is 0 Å². The van der Waals surface area contributed by atoms with E-state index in [1.807, 2.05) is 39.5 Å². The maximum absolute atomic E-state index is 13.2. The zero-order valence-electron chi connectivity index (χ0n) is 29.3. The topological polar surface area (TPSA) is 205 Å². The molecular weight excluding hydrogens is 656 g/mol. The van der Waals surface area contributed by atoms with Crippen LogP contribution in [-0.2, 0) is 35.4 Å². The van der Waals surface area contributed by atoms with Gasteiger partial charge in [0.05, 0.1) is 23.5 Å². The Morgan fingerprint density at radius 1 is 1.18 bits per heavy atom. The van der Waals surface area contributed by atoms with Crippen molar-refractivity contribution in [3.63, 3.8) is 0 Å². The number of aromatic nitrogens is 1. The van der Waals surface area contributed by atoms with Crippen LogP contribution in [0.3, 0.4) is 0 Å². The van der Waals surface area contributed by atoms with E-state index >= 15 is 0 Å². The van der Waals surface area contributed by atoms with E-state index in [1.165, 1.54) is 12.2 Å². The van der Waals surface area contributed by atoms with Crippen LogP contribution in [0.1, 0.15) is 70.8 Å². The molecule has 49 heavy (non-hydrogen) atoms. The first kappa shape index (κ1) is 41.5. The molecule has 0 unspecified atom stereocenters. The highest BCUT2D eigenvalue weighted by atomic mass is 32.2. The highest BCUT2D eigenvalue weighted by Gasteiger charge is 2.43. The van der Waals surface area contributed by atoms with Crippen molar-refractivity contribution in [2.75, 3.05) is 38.5 Å². The molecule has 1 aromatic rings. The average molecular weight is 709 g/mol. The molecule has 0 aromatic carbocycles. The van der Waals surface area contributed by atoms with Crippen molar-refractivity contribution in [2.24, 2.45) is 11.8 Å². The molecule has 1 aromatic heterocycles. The van der Waals surface area contributed by atoms with Gasteiger partial charge in [-0.25, -0.2) is 18.2 Å². The van der Waals surface area contributed by atoms with Gasteiger partial charge in [-0.2, -0.15) is 0 Å². The van der Waals surface area contributed by atoms with E-state index in [9.17, 15) is 32.7 Å².